The molecule has 2 fully saturated rings. The number of aryl methyl sites for hydroxylation is 1. The Bertz CT molecular complexity index is 718. The maximum atomic E-state index is 12.2. The van der Waals surface area contributed by atoms with Crippen LogP contribution in [0.4, 0.5) is 0 Å². The molecule has 1 aromatic heterocycles. The molecule has 2 aliphatic rings. The van der Waals surface area contributed by atoms with Crippen molar-refractivity contribution in [2.75, 3.05) is 6.54 Å². The predicted molar refractivity (Wildman–Crippen MR) is 94.2 cm³/mol. The zero-order chi connectivity index (χ0) is 17.1. The summed E-state index contributed by atoms with van der Waals surface area (Å²) in [6, 6.07) is 10.6. The maximum Gasteiger partial charge on any atom is 0.226 e. The number of hydrogen-bond acceptors (Lipinski definition) is 4. The first kappa shape index (κ1) is 16.3. The number of carbonyl (C=O) groups is 1. The molecule has 0 unspecified atom stereocenters. The number of hydrogen-bond donors (Lipinski definition) is 1. The molecule has 5 heteroatoms. The molecule has 5 nitrogen and oxygen atoms in total. The number of benzene rings is 1. The SMILES string of the molecule is O=C(CCCc1nc(C2CC2)no1)NCC1(c2ccccc2)CCC1. The lowest BCUT2D eigenvalue weighted by Crippen LogP contribution is -2.45. The normalized spacial score (nSPS) is 18.6. The summed E-state index contributed by atoms with van der Waals surface area (Å²) in [6.07, 6.45) is 7.83. The monoisotopic (exact) mass is 339 g/mol. The number of carbonyl (C=O) groups excluding carboxylic acids is 1. The molecule has 2 saturated carbocycles. The van der Waals surface area contributed by atoms with Gasteiger partial charge in [0.2, 0.25) is 11.8 Å². The summed E-state index contributed by atoms with van der Waals surface area (Å²) in [7, 11) is 0. The Morgan fingerprint density at radius 1 is 1.24 bits per heavy atom. The van der Waals surface area contributed by atoms with Crippen LogP contribution in [0.3, 0.4) is 0 Å². The van der Waals surface area contributed by atoms with Gasteiger partial charge in [-0.05, 0) is 37.7 Å². The first-order chi connectivity index (χ1) is 12.3. The number of rotatable bonds is 8. The predicted octanol–water partition coefficient (Wildman–Crippen LogP) is 3.51. The van der Waals surface area contributed by atoms with Crippen molar-refractivity contribution >= 4 is 5.91 Å². The third-order valence-corrected chi connectivity index (χ3v) is 5.54. The van der Waals surface area contributed by atoms with E-state index in [9.17, 15) is 4.79 Å². The van der Waals surface area contributed by atoms with Crippen LogP contribution in [-0.4, -0.2) is 22.6 Å². The highest BCUT2D eigenvalue weighted by molar-refractivity contribution is 5.76. The highest BCUT2D eigenvalue weighted by Crippen LogP contribution is 2.43. The Labute approximate surface area is 148 Å². The van der Waals surface area contributed by atoms with Crippen molar-refractivity contribution in [3.8, 4) is 0 Å². The van der Waals surface area contributed by atoms with Crippen molar-refractivity contribution in [2.24, 2.45) is 0 Å². The van der Waals surface area contributed by atoms with Gasteiger partial charge in [-0.15, -0.1) is 0 Å². The Kier molecular flexibility index (Phi) is 4.55. The van der Waals surface area contributed by atoms with Gasteiger partial charge in [-0.3, -0.25) is 4.79 Å². The summed E-state index contributed by atoms with van der Waals surface area (Å²) in [5, 5.41) is 7.15. The van der Waals surface area contributed by atoms with E-state index in [1.807, 2.05) is 6.07 Å². The third kappa shape index (κ3) is 3.75. The molecule has 1 heterocycles. The standard InChI is InChI=1S/C20H25N3O2/c24-17(8-4-9-18-22-19(23-25-18)15-10-11-15)21-14-20(12-5-13-20)16-6-2-1-3-7-16/h1-3,6-7,15H,4-5,8-14H2,(H,21,24). The highest BCUT2D eigenvalue weighted by atomic mass is 16.5. The van der Waals surface area contributed by atoms with E-state index in [0.29, 0.717) is 24.7 Å². The second-order valence-electron chi connectivity index (χ2n) is 7.45. The van der Waals surface area contributed by atoms with E-state index in [1.165, 1.54) is 24.8 Å². The fourth-order valence-electron chi connectivity index (χ4n) is 3.60. The quantitative estimate of drug-likeness (QED) is 0.799. The fraction of sp³-hybridized carbons (Fsp3) is 0.550. The smallest absolute Gasteiger partial charge is 0.226 e. The second kappa shape index (κ2) is 6.98. The van der Waals surface area contributed by atoms with Crippen LogP contribution in [-0.2, 0) is 16.6 Å². The molecule has 0 aliphatic heterocycles. The maximum absolute atomic E-state index is 12.2. The Morgan fingerprint density at radius 2 is 2.04 bits per heavy atom. The van der Waals surface area contributed by atoms with Gasteiger partial charge in [0.05, 0.1) is 0 Å². The fourth-order valence-corrected chi connectivity index (χ4v) is 3.60. The van der Waals surface area contributed by atoms with E-state index in [1.54, 1.807) is 0 Å². The van der Waals surface area contributed by atoms with Gasteiger partial charge in [0.25, 0.3) is 0 Å². The average Bonchev–Trinajstić information content (AvgIpc) is 3.34. The van der Waals surface area contributed by atoms with E-state index >= 15 is 0 Å². The summed E-state index contributed by atoms with van der Waals surface area (Å²) < 4.78 is 5.25. The molecule has 0 saturated heterocycles. The molecule has 1 aromatic carbocycles. The average molecular weight is 339 g/mol. The molecule has 25 heavy (non-hydrogen) atoms. The molecule has 1 amide bonds. The van der Waals surface area contributed by atoms with Gasteiger partial charge in [0, 0.05) is 30.7 Å². The molecular formula is C20H25N3O2. The van der Waals surface area contributed by atoms with Gasteiger partial charge in [-0.25, -0.2) is 0 Å². The molecule has 2 aliphatic carbocycles. The zero-order valence-corrected chi connectivity index (χ0v) is 14.5. The van der Waals surface area contributed by atoms with Gasteiger partial charge in [0.1, 0.15) is 0 Å². The van der Waals surface area contributed by atoms with Crippen LogP contribution in [0.2, 0.25) is 0 Å². The first-order valence-corrected chi connectivity index (χ1v) is 9.40. The Morgan fingerprint density at radius 3 is 2.72 bits per heavy atom. The number of aromatic nitrogens is 2. The summed E-state index contributed by atoms with van der Waals surface area (Å²) in [5.41, 5.74) is 1.49. The van der Waals surface area contributed by atoms with Gasteiger partial charge in [0.15, 0.2) is 5.82 Å². The summed E-state index contributed by atoms with van der Waals surface area (Å²) in [5.74, 6) is 2.13. The van der Waals surface area contributed by atoms with Crippen LogP contribution in [0.5, 0.6) is 0 Å². The Hall–Kier alpha value is -2.17. The number of nitrogens with zero attached hydrogens (tertiary/aromatic N) is 2. The highest BCUT2D eigenvalue weighted by Gasteiger charge is 2.38. The van der Waals surface area contributed by atoms with Crippen LogP contribution in [0, 0.1) is 0 Å². The molecule has 132 valence electrons. The third-order valence-electron chi connectivity index (χ3n) is 5.54. The lowest BCUT2D eigenvalue weighted by molar-refractivity contribution is -0.121. The van der Waals surface area contributed by atoms with Crippen molar-refractivity contribution in [1.82, 2.24) is 15.5 Å². The molecule has 0 spiro atoms. The summed E-state index contributed by atoms with van der Waals surface area (Å²) in [6.45, 7) is 0.738. The van der Waals surface area contributed by atoms with E-state index in [4.69, 9.17) is 4.52 Å². The van der Waals surface area contributed by atoms with E-state index in [2.05, 4.69) is 39.7 Å². The van der Waals surface area contributed by atoms with E-state index < -0.39 is 0 Å². The summed E-state index contributed by atoms with van der Waals surface area (Å²) >= 11 is 0. The topological polar surface area (TPSA) is 68.0 Å². The number of nitrogens with one attached hydrogen (secondary N) is 1. The minimum atomic E-state index is 0.115. The van der Waals surface area contributed by atoms with Crippen molar-refractivity contribution < 1.29 is 9.32 Å². The van der Waals surface area contributed by atoms with Crippen LogP contribution in [0.15, 0.2) is 34.9 Å². The molecule has 0 bridgehead atoms. The number of amides is 1. The molecule has 1 N–H and O–H groups in total. The minimum Gasteiger partial charge on any atom is -0.355 e. The van der Waals surface area contributed by atoms with Gasteiger partial charge in [-0.2, -0.15) is 4.98 Å². The molecule has 0 atom stereocenters. The van der Waals surface area contributed by atoms with E-state index in [-0.39, 0.29) is 11.3 Å². The van der Waals surface area contributed by atoms with Crippen LogP contribution < -0.4 is 5.32 Å². The van der Waals surface area contributed by atoms with Gasteiger partial charge in [-0.1, -0.05) is 41.9 Å². The first-order valence-electron chi connectivity index (χ1n) is 9.40. The molecule has 4 rings (SSSR count). The van der Waals surface area contributed by atoms with Crippen molar-refractivity contribution in [1.29, 1.82) is 0 Å². The summed E-state index contributed by atoms with van der Waals surface area (Å²) in [4.78, 5) is 16.6. The Balaban J connectivity index is 1.22. The molecular weight excluding hydrogens is 314 g/mol. The van der Waals surface area contributed by atoms with Crippen molar-refractivity contribution in [3.05, 3.63) is 47.6 Å². The van der Waals surface area contributed by atoms with Crippen LogP contribution >= 0.6 is 0 Å². The van der Waals surface area contributed by atoms with Gasteiger partial charge >= 0.3 is 0 Å². The van der Waals surface area contributed by atoms with E-state index in [0.717, 1.165) is 31.6 Å². The molecule has 0 radical (unpaired) electrons. The van der Waals surface area contributed by atoms with Crippen molar-refractivity contribution in [2.45, 2.75) is 62.7 Å². The second-order valence-corrected chi connectivity index (χ2v) is 7.45. The minimum absolute atomic E-state index is 0.115. The zero-order valence-electron chi connectivity index (χ0n) is 14.5. The molecule has 2 aromatic rings. The van der Waals surface area contributed by atoms with Crippen LogP contribution in [0.1, 0.15) is 68.1 Å². The lowest BCUT2D eigenvalue weighted by Gasteiger charge is -2.42. The van der Waals surface area contributed by atoms with Crippen molar-refractivity contribution in [3.63, 3.8) is 0 Å². The van der Waals surface area contributed by atoms with Gasteiger partial charge < -0.3 is 9.84 Å². The lowest BCUT2D eigenvalue weighted by atomic mass is 9.64. The van der Waals surface area contributed by atoms with Crippen LogP contribution in [0.25, 0.3) is 0 Å². The largest absolute Gasteiger partial charge is 0.355 e.